The number of amides is 2. The molecular formula is C22H26N8O4S2. The Hall–Kier alpha value is -3.70. The fraction of sp³-hybridized carbons (Fsp3) is 0.364. The molecule has 0 fully saturated rings. The molecular weight excluding hydrogens is 504 g/mol. The molecule has 0 heterocycles. The van der Waals surface area contributed by atoms with Gasteiger partial charge in [0.1, 0.15) is 11.5 Å². The zero-order chi connectivity index (χ0) is 26.5. The van der Waals surface area contributed by atoms with E-state index in [0.29, 0.717) is 24.3 Å². The van der Waals surface area contributed by atoms with Crippen molar-refractivity contribution in [3.63, 3.8) is 0 Å². The third-order valence-corrected chi connectivity index (χ3v) is 7.61. The van der Waals surface area contributed by atoms with E-state index in [4.69, 9.17) is 11.1 Å². The van der Waals surface area contributed by atoms with E-state index in [0.717, 1.165) is 0 Å². The van der Waals surface area contributed by atoms with E-state index in [9.17, 15) is 19.8 Å². The molecule has 0 saturated heterocycles. The summed E-state index contributed by atoms with van der Waals surface area (Å²) < 4.78 is 0. The Morgan fingerprint density at radius 3 is 1.53 bits per heavy atom. The minimum absolute atomic E-state index is 0.0902. The highest BCUT2D eigenvalue weighted by Crippen LogP contribution is 2.27. The Morgan fingerprint density at radius 2 is 1.22 bits per heavy atom. The molecule has 0 bridgehead atoms. The number of carbonyl (C=O) groups is 2. The van der Waals surface area contributed by atoms with Crippen molar-refractivity contribution in [2.45, 2.75) is 38.8 Å². The summed E-state index contributed by atoms with van der Waals surface area (Å²) in [4.78, 5) is 30.4. The summed E-state index contributed by atoms with van der Waals surface area (Å²) in [5.74, 6) is -0.180. The maximum absolute atomic E-state index is 12.6. The number of carbonyl (C=O) groups excluding carboxylic acids is 2. The SMILES string of the molecule is CCC(CSSCC(CC)NC(=O)c1ccc(N=[N+]=[N-])cc1O)NC(=O)c1ccc(N=[N+]=[N-])cc1O. The Kier molecular flexibility index (Phi) is 11.6. The van der Waals surface area contributed by atoms with Crippen LogP contribution in [0.2, 0.25) is 0 Å². The van der Waals surface area contributed by atoms with E-state index >= 15 is 0 Å². The Balaban J connectivity index is 1.84. The second-order valence-corrected chi connectivity index (χ2v) is 10.1. The van der Waals surface area contributed by atoms with Crippen LogP contribution < -0.4 is 10.6 Å². The third kappa shape index (κ3) is 8.51. The second-order valence-electron chi connectivity index (χ2n) is 7.51. The van der Waals surface area contributed by atoms with Crippen LogP contribution in [0, 0.1) is 0 Å². The van der Waals surface area contributed by atoms with Gasteiger partial charge in [0.05, 0.1) is 11.1 Å². The van der Waals surface area contributed by atoms with Crippen LogP contribution in [-0.4, -0.2) is 45.6 Å². The predicted octanol–water partition coefficient (Wildman–Crippen LogP) is 6.08. The second kappa shape index (κ2) is 14.6. The maximum Gasteiger partial charge on any atom is 0.255 e. The van der Waals surface area contributed by atoms with Crippen molar-refractivity contribution in [3.8, 4) is 11.5 Å². The van der Waals surface area contributed by atoms with Gasteiger partial charge in [-0.15, -0.1) is 0 Å². The van der Waals surface area contributed by atoms with Crippen molar-refractivity contribution >= 4 is 44.8 Å². The lowest BCUT2D eigenvalue weighted by molar-refractivity contribution is 0.0928. The van der Waals surface area contributed by atoms with Crippen molar-refractivity contribution in [2.75, 3.05) is 11.5 Å². The molecule has 36 heavy (non-hydrogen) atoms. The summed E-state index contributed by atoms with van der Waals surface area (Å²) in [6.07, 6.45) is 1.35. The summed E-state index contributed by atoms with van der Waals surface area (Å²) in [7, 11) is 3.10. The number of benzene rings is 2. The molecule has 12 nitrogen and oxygen atoms in total. The largest absolute Gasteiger partial charge is 0.507 e. The van der Waals surface area contributed by atoms with Crippen molar-refractivity contribution in [2.24, 2.45) is 10.2 Å². The standard InChI is InChI=1S/C22H26N8O4S2/c1-3-13(25-21(33)17-7-5-15(27-29-23)9-19(17)31)11-35-36-12-14(4-2)26-22(34)18-8-6-16(28-30-24)10-20(18)32/h5-10,13-14,31-32H,3-4,11-12H2,1-2H3,(H,25,33)(H,26,34). The van der Waals surface area contributed by atoms with Crippen LogP contribution >= 0.6 is 21.6 Å². The lowest BCUT2D eigenvalue weighted by Crippen LogP contribution is -2.37. The number of nitrogens with zero attached hydrogens (tertiary/aromatic N) is 6. The van der Waals surface area contributed by atoms with E-state index in [-0.39, 0.29) is 46.1 Å². The van der Waals surface area contributed by atoms with Crippen LogP contribution in [0.3, 0.4) is 0 Å². The zero-order valence-corrected chi connectivity index (χ0v) is 21.3. The average molecular weight is 531 g/mol. The van der Waals surface area contributed by atoms with Gasteiger partial charge in [0, 0.05) is 44.8 Å². The van der Waals surface area contributed by atoms with Crippen LogP contribution in [0.1, 0.15) is 47.4 Å². The fourth-order valence-corrected chi connectivity index (χ4v) is 5.68. The highest BCUT2D eigenvalue weighted by atomic mass is 33.1. The van der Waals surface area contributed by atoms with Gasteiger partial charge < -0.3 is 20.8 Å². The monoisotopic (exact) mass is 530 g/mol. The number of aromatic hydroxyl groups is 2. The smallest absolute Gasteiger partial charge is 0.255 e. The Morgan fingerprint density at radius 1 is 0.833 bits per heavy atom. The quantitative estimate of drug-likeness (QED) is 0.0795. The first-order valence-electron chi connectivity index (χ1n) is 10.9. The van der Waals surface area contributed by atoms with Gasteiger partial charge in [-0.2, -0.15) is 0 Å². The van der Waals surface area contributed by atoms with Gasteiger partial charge in [-0.25, -0.2) is 0 Å². The van der Waals surface area contributed by atoms with Gasteiger partial charge in [0.15, 0.2) is 0 Å². The molecule has 2 amide bonds. The summed E-state index contributed by atoms with van der Waals surface area (Å²) in [5, 5.41) is 32.7. The van der Waals surface area contributed by atoms with Crippen molar-refractivity contribution in [3.05, 3.63) is 68.4 Å². The molecule has 2 unspecified atom stereocenters. The first kappa shape index (κ1) is 28.5. The summed E-state index contributed by atoms with van der Waals surface area (Å²) in [6.45, 7) is 3.88. The topological polar surface area (TPSA) is 196 Å². The van der Waals surface area contributed by atoms with Crippen molar-refractivity contribution in [1.82, 2.24) is 10.6 Å². The summed E-state index contributed by atoms with van der Waals surface area (Å²) >= 11 is 0. The molecule has 2 aromatic carbocycles. The van der Waals surface area contributed by atoms with Gasteiger partial charge in [0.2, 0.25) is 0 Å². The van der Waals surface area contributed by atoms with Crippen LogP contribution in [-0.2, 0) is 0 Å². The Bertz CT molecular complexity index is 1090. The average Bonchev–Trinajstić information content (AvgIpc) is 2.85. The summed E-state index contributed by atoms with van der Waals surface area (Å²) in [6, 6.07) is 7.88. The molecule has 14 heteroatoms. The molecule has 4 N–H and O–H groups in total. The Labute approximate surface area is 215 Å². The molecule has 0 spiro atoms. The van der Waals surface area contributed by atoms with Crippen molar-refractivity contribution < 1.29 is 19.8 Å². The fourth-order valence-electron chi connectivity index (χ4n) is 2.96. The summed E-state index contributed by atoms with van der Waals surface area (Å²) in [5.41, 5.74) is 17.6. The molecule has 190 valence electrons. The van der Waals surface area contributed by atoms with Crippen LogP contribution in [0.5, 0.6) is 11.5 Å². The number of azide groups is 2. The van der Waals surface area contributed by atoms with Gasteiger partial charge >= 0.3 is 0 Å². The van der Waals surface area contributed by atoms with Crippen LogP contribution in [0.15, 0.2) is 46.6 Å². The molecule has 0 aliphatic carbocycles. The number of phenolic OH excluding ortho intramolecular Hbond substituents is 2. The lowest BCUT2D eigenvalue weighted by atomic mass is 10.1. The first-order chi connectivity index (χ1) is 17.3. The minimum Gasteiger partial charge on any atom is -0.507 e. The van der Waals surface area contributed by atoms with E-state index in [2.05, 4.69) is 30.7 Å². The molecule has 0 saturated carbocycles. The maximum atomic E-state index is 12.6. The third-order valence-electron chi connectivity index (χ3n) is 5.05. The number of rotatable bonds is 13. The van der Waals surface area contributed by atoms with E-state index < -0.39 is 11.8 Å². The lowest BCUT2D eigenvalue weighted by Gasteiger charge is -2.19. The van der Waals surface area contributed by atoms with Gasteiger partial charge in [-0.05, 0) is 48.2 Å². The van der Waals surface area contributed by atoms with Crippen LogP contribution in [0.4, 0.5) is 11.4 Å². The number of hydrogen-bond acceptors (Lipinski definition) is 8. The van der Waals surface area contributed by atoms with E-state index in [1.165, 1.54) is 36.4 Å². The molecule has 0 aliphatic heterocycles. The highest BCUT2D eigenvalue weighted by molar-refractivity contribution is 8.76. The molecule has 0 radical (unpaired) electrons. The number of hydrogen-bond donors (Lipinski definition) is 4. The van der Waals surface area contributed by atoms with Crippen molar-refractivity contribution in [1.29, 1.82) is 0 Å². The van der Waals surface area contributed by atoms with Gasteiger partial charge in [-0.1, -0.05) is 57.8 Å². The van der Waals surface area contributed by atoms with E-state index in [1.54, 1.807) is 21.6 Å². The van der Waals surface area contributed by atoms with Gasteiger partial charge in [-0.3, -0.25) is 9.59 Å². The first-order valence-corrected chi connectivity index (χ1v) is 13.4. The van der Waals surface area contributed by atoms with E-state index in [1.807, 2.05) is 13.8 Å². The number of phenols is 2. The molecule has 0 aliphatic rings. The minimum atomic E-state index is -0.428. The molecule has 2 atom stereocenters. The number of nitrogens with one attached hydrogen (secondary N) is 2. The van der Waals surface area contributed by atoms with Crippen LogP contribution in [0.25, 0.3) is 20.9 Å². The highest BCUT2D eigenvalue weighted by Gasteiger charge is 2.18. The molecule has 0 aromatic heterocycles. The predicted molar refractivity (Wildman–Crippen MR) is 142 cm³/mol. The molecule has 2 aromatic rings. The van der Waals surface area contributed by atoms with Gasteiger partial charge in [0.25, 0.3) is 11.8 Å². The molecule has 2 rings (SSSR count). The normalized spacial score (nSPS) is 11.9. The zero-order valence-electron chi connectivity index (χ0n) is 19.7.